The Morgan fingerprint density at radius 2 is 2.08 bits per heavy atom. The van der Waals surface area contributed by atoms with Gasteiger partial charge in [0.05, 0.1) is 0 Å². The van der Waals surface area contributed by atoms with Crippen LogP contribution in [0, 0.1) is 6.92 Å². The number of aryl methyl sites for hydroxylation is 1. The summed E-state index contributed by atoms with van der Waals surface area (Å²) in [7, 11) is 0. The molecule has 1 aromatic carbocycles. The molecule has 2 aromatic rings. The molecule has 2 saturated heterocycles. The van der Waals surface area contributed by atoms with E-state index < -0.39 is 10.8 Å². The number of para-hydroxylation sites is 1. The molecule has 0 spiro atoms. The molecule has 1 atom stereocenters. The summed E-state index contributed by atoms with van der Waals surface area (Å²) in [6, 6.07) is 7.36. The second-order valence-electron chi connectivity index (χ2n) is 6.14. The number of benzene rings is 1. The van der Waals surface area contributed by atoms with Gasteiger partial charge in [0.15, 0.2) is 10.6 Å². The second-order valence-corrected chi connectivity index (χ2v) is 7.51. The van der Waals surface area contributed by atoms with E-state index in [1.54, 1.807) is 17.9 Å². The molecule has 0 unspecified atom stereocenters. The fourth-order valence-electron chi connectivity index (χ4n) is 3.47. The van der Waals surface area contributed by atoms with Crippen LogP contribution in [0.4, 0.5) is 0 Å². The Morgan fingerprint density at radius 1 is 1.28 bits per heavy atom. The van der Waals surface area contributed by atoms with E-state index in [0.29, 0.717) is 30.5 Å². The van der Waals surface area contributed by atoms with Crippen molar-refractivity contribution in [3.8, 4) is 0 Å². The van der Waals surface area contributed by atoms with Crippen molar-refractivity contribution in [3.05, 3.63) is 35.6 Å². The monoisotopic (exact) mass is 359 g/mol. The van der Waals surface area contributed by atoms with Gasteiger partial charge in [0.2, 0.25) is 5.91 Å². The SMILES string of the molecule is Cc1c(C(=O)NNC(=O)[C@]23CCC(=O)N2CCS3)oc2ccccc12. The highest BCUT2D eigenvalue weighted by atomic mass is 32.2. The number of amides is 3. The zero-order valence-corrected chi connectivity index (χ0v) is 14.4. The standard InChI is InChI=1S/C17H17N3O4S/c1-10-11-4-2-3-5-12(11)24-14(10)15(22)18-19-16(23)17-7-6-13(21)20(17)8-9-25-17/h2-5H,6-9H2,1H3,(H,18,22)(H,19,23)/t17-/m1/s1. The molecular weight excluding hydrogens is 342 g/mol. The number of carbonyl (C=O) groups excluding carboxylic acids is 3. The van der Waals surface area contributed by atoms with E-state index in [1.807, 2.05) is 18.2 Å². The number of furan rings is 1. The van der Waals surface area contributed by atoms with Gasteiger partial charge in [0.1, 0.15) is 5.58 Å². The number of hydrogen-bond donors (Lipinski definition) is 2. The minimum atomic E-state index is -0.896. The zero-order chi connectivity index (χ0) is 17.6. The Balaban J connectivity index is 1.49. The van der Waals surface area contributed by atoms with Crippen molar-refractivity contribution in [1.29, 1.82) is 0 Å². The van der Waals surface area contributed by atoms with Crippen molar-refractivity contribution in [3.63, 3.8) is 0 Å². The van der Waals surface area contributed by atoms with Crippen molar-refractivity contribution in [1.82, 2.24) is 15.8 Å². The van der Waals surface area contributed by atoms with Crippen LogP contribution in [0.2, 0.25) is 0 Å². The van der Waals surface area contributed by atoms with E-state index >= 15 is 0 Å². The predicted octanol–water partition coefficient (Wildman–Crippen LogP) is 1.57. The van der Waals surface area contributed by atoms with Crippen molar-refractivity contribution >= 4 is 40.5 Å². The lowest BCUT2D eigenvalue weighted by Gasteiger charge is -2.29. The van der Waals surface area contributed by atoms with Crippen LogP contribution >= 0.6 is 11.8 Å². The fourth-order valence-corrected chi connectivity index (χ4v) is 4.86. The molecule has 2 N–H and O–H groups in total. The topological polar surface area (TPSA) is 91.7 Å². The molecule has 4 rings (SSSR count). The minimum Gasteiger partial charge on any atom is -0.451 e. The van der Waals surface area contributed by atoms with Gasteiger partial charge in [-0.15, -0.1) is 11.8 Å². The third-order valence-corrected chi connectivity index (χ3v) is 6.24. The van der Waals surface area contributed by atoms with Gasteiger partial charge in [0.25, 0.3) is 5.91 Å². The van der Waals surface area contributed by atoms with E-state index in [-0.39, 0.29) is 17.6 Å². The van der Waals surface area contributed by atoms with Gasteiger partial charge in [-0.1, -0.05) is 18.2 Å². The number of hydrogen-bond acceptors (Lipinski definition) is 5. The molecule has 0 aliphatic carbocycles. The molecule has 130 valence electrons. The first-order valence-corrected chi connectivity index (χ1v) is 9.05. The van der Waals surface area contributed by atoms with Crippen molar-refractivity contribution < 1.29 is 18.8 Å². The number of nitrogens with zero attached hydrogens (tertiary/aromatic N) is 1. The lowest BCUT2D eigenvalue weighted by atomic mass is 10.1. The zero-order valence-electron chi connectivity index (χ0n) is 13.6. The molecule has 0 radical (unpaired) electrons. The van der Waals surface area contributed by atoms with Gasteiger partial charge in [0, 0.05) is 29.7 Å². The molecule has 2 aliphatic heterocycles. The highest BCUT2D eigenvalue weighted by Crippen LogP contribution is 2.44. The van der Waals surface area contributed by atoms with E-state index in [4.69, 9.17) is 4.42 Å². The third kappa shape index (κ3) is 2.39. The van der Waals surface area contributed by atoms with Gasteiger partial charge in [-0.25, -0.2) is 0 Å². The van der Waals surface area contributed by atoms with Crippen LogP contribution in [0.5, 0.6) is 0 Å². The average Bonchev–Trinajstić information content (AvgIpc) is 3.28. The normalized spacial score (nSPS) is 22.3. The Labute approximate surface area is 148 Å². The maximum Gasteiger partial charge on any atom is 0.305 e. The quantitative estimate of drug-likeness (QED) is 0.794. The maximum absolute atomic E-state index is 12.6. The number of hydrazine groups is 1. The van der Waals surface area contributed by atoms with Crippen LogP contribution in [-0.4, -0.2) is 39.8 Å². The Hall–Kier alpha value is -2.48. The first-order valence-electron chi connectivity index (χ1n) is 8.06. The molecule has 2 aliphatic rings. The van der Waals surface area contributed by atoms with Crippen molar-refractivity contribution in [2.45, 2.75) is 24.6 Å². The number of thioether (sulfide) groups is 1. The summed E-state index contributed by atoms with van der Waals surface area (Å²) in [5, 5.41) is 0.858. The molecule has 7 nitrogen and oxygen atoms in total. The number of fused-ring (bicyclic) bond motifs is 2. The fraction of sp³-hybridized carbons (Fsp3) is 0.353. The van der Waals surface area contributed by atoms with Crippen LogP contribution in [0.25, 0.3) is 11.0 Å². The Kier molecular flexibility index (Phi) is 3.72. The molecule has 25 heavy (non-hydrogen) atoms. The molecule has 8 heteroatoms. The van der Waals surface area contributed by atoms with Gasteiger partial charge >= 0.3 is 5.91 Å². The highest BCUT2D eigenvalue weighted by Gasteiger charge is 2.54. The maximum atomic E-state index is 12.6. The van der Waals surface area contributed by atoms with Crippen LogP contribution in [0.1, 0.15) is 29.0 Å². The second kappa shape index (κ2) is 5.80. The summed E-state index contributed by atoms with van der Waals surface area (Å²) in [5.74, 6) is -0.0205. The van der Waals surface area contributed by atoms with Gasteiger partial charge in [-0.3, -0.25) is 25.2 Å². The van der Waals surface area contributed by atoms with Gasteiger partial charge < -0.3 is 9.32 Å². The molecule has 2 fully saturated rings. The number of carbonyl (C=O) groups is 3. The van der Waals surface area contributed by atoms with Gasteiger partial charge in [-0.05, 0) is 19.4 Å². The average molecular weight is 359 g/mol. The van der Waals surface area contributed by atoms with E-state index in [9.17, 15) is 14.4 Å². The summed E-state index contributed by atoms with van der Waals surface area (Å²) in [4.78, 5) is 37.6. The summed E-state index contributed by atoms with van der Waals surface area (Å²) < 4.78 is 5.59. The summed E-state index contributed by atoms with van der Waals surface area (Å²) in [6.45, 7) is 2.36. The predicted molar refractivity (Wildman–Crippen MR) is 92.7 cm³/mol. The highest BCUT2D eigenvalue weighted by molar-refractivity contribution is 8.01. The molecule has 0 bridgehead atoms. The van der Waals surface area contributed by atoms with Crippen LogP contribution in [-0.2, 0) is 9.59 Å². The van der Waals surface area contributed by atoms with Crippen LogP contribution in [0.15, 0.2) is 28.7 Å². The first-order chi connectivity index (χ1) is 12.0. The molecule has 3 amide bonds. The van der Waals surface area contributed by atoms with E-state index in [1.165, 1.54) is 11.8 Å². The largest absolute Gasteiger partial charge is 0.451 e. The van der Waals surface area contributed by atoms with Gasteiger partial charge in [-0.2, -0.15) is 0 Å². The van der Waals surface area contributed by atoms with E-state index in [0.717, 1.165) is 11.1 Å². The van der Waals surface area contributed by atoms with Crippen molar-refractivity contribution in [2.75, 3.05) is 12.3 Å². The van der Waals surface area contributed by atoms with Crippen LogP contribution in [0.3, 0.4) is 0 Å². The van der Waals surface area contributed by atoms with E-state index in [2.05, 4.69) is 10.9 Å². The third-order valence-electron chi connectivity index (χ3n) is 4.76. The Bertz CT molecular complexity index is 893. The molecule has 3 heterocycles. The van der Waals surface area contributed by atoms with Crippen molar-refractivity contribution in [2.24, 2.45) is 0 Å². The molecule has 0 saturated carbocycles. The summed E-state index contributed by atoms with van der Waals surface area (Å²) in [6.07, 6.45) is 0.818. The Morgan fingerprint density at radius 3 is 2.88 bits per heavy atom. The molecule has 1 aromatic heterocycles. The first kappa shape index (κ1) is 16.0. The summed E-state index contributed by atoms with van der Waals surface area (Å²) in [5.41, 5.74) is 6.22. The lowest BCUT2D eigenvalue weighted by molar-refractivity contribution is -0.136. The van der Waals surface area contributed by atoms with Crippen LogP contribution < -0.4 is 10.9 Å². The number of nitrogens with one attached hydrogen (secondary N) is 2. The summed E-state index contributed by atoms with van der Waals surface area (Å²) >= 11 is 1.45. The number of rotatable bonds is 2. The molecular formula is C17H17N3O4S. The minimum absolute atomic E-state index is 0.0143. The lowest BCUT2D eigenvalue weighted by Crippen LogP contribution is -2.55. The smallest absolute Gasteiger partial charge is 0.305 e.